The first-order valence-electron chi connectivity index (χ1n) is 6.91. The fraction of sp³-hybridized carbons (Fsp3) is 0.444. The summed E-state index contributed by atoms with van der Waals surface area (Å²) in [5.74, 6) is 0.328. The molecule has 0 aliphatic heterocycles. The van der Waals surface area contributed by atoms with Gasteiger partial charge < -0.3 is 5.11 Å². The Morgan fingerprint density at radius 2 is 1.42 bits per heavy atom. The van der Waals surface area contributed by atoms with Crippen LogP contribution in [0.4, 0.5) is 0 Å². The highest BCUT2D eigenvalue weighted by Gasteiger charge is 2.27. The van der Waals surface area contributed by atoms with Gasteiger partial charge in [-0.1, -0.05) is 58.9 Å². The molecule has 0 amide bonds. The molecule has 0 aliphatic carbocycles. The molecule has 0 heterocycles. The summed E-state index contributed by atoms with van der Waals surface area (Å²) in [5.41, 5.74) is 1.83. The van der Waals surface area contributed by atoms with Gasteiger partial charge in [0.05, 0.1) is 0 Å². The third kappa shape index (κ3) is 3.28. The quantitative estimate of drug-likeness (QED) is 0.777. The third-order valence-electron chi connectivity index (χ3n) is 3.58. The molecule has 0 unspecified atom stereocenters. The van der Waals surface area contributed by atoms with Gasteiger partial charge in [-0.2, -0.15) is 0 Å². The second-order valence-corrected chi connectivity index (χ2v) is 7.37. The zero-order valence-electron chi connectivity index (χ0n) is 12.6. The normalized spacial score (nSPS) is 12.9. The van der Waals surface area contributed by atoms with E-state index in [1.807, 2.05) is 12.1 Å². The number of rotatable bonds is 2. The summed E-state index contributed by atoms with van der Waals surface area (Å²) in [6.45, 7) is 11.5. The Balaban J connectivity index is 2.43. The molecule has 0 saturated heterocycles. The first-order valence-corrected chi connectivity index (χ1v) is 6.91. The molecule has 0 saturated carbocycles. The third-order valence-corrected chi connectivity index (χ3v) is 3.58. The van der Waals surface area contributed by atoms with Crippen LogP contribution in [0.25, 0.3) is 10.8 Å². The van der Waals surface area contributed by atoms with Crippen molar-refractivity contribution >= 4 is 10.8 Å². The van der Waals surface area contributed by atoms with Gasteiger partial charge in [0.1, 0.15) is 5.75 Å². The second-order valence-electron chi connectivity index (χ2n) is 7.37. The Kier molecular flexibility index (Phi) is 3.34. The zero-order valence-corrected chi connectivity index (χ0v) is 12.6. The van der Waals surface area contributed by atoms with Crippen molar-refractivity contribution in [3.8, 4) is 5.75 Å². The standard InChI is InChI=1S/C18H24O/c1-17(2,3)12-18(4,5)15-8-6-14-11-16(19)9-7-13(14)10-15/h6-11,19H,12H2,1-5H3. The summed E-state index contributed by atoms with van der Waals surface area (Å²) in [7, 11) is 0. The average molecular weight is 256 g/mol. The van der Waals surface area contributed by atoms with Gasteiger partial charge in [-0.05, 0) is 45.7 Å². The number of phenols is 1. The van der Waals surface area contributed by atoms with Gasteiger partial charge in [-0.25, -0.2) is 0 Å². The van der Waals surface area contributed by atoms with Gasteiger partial charge in [-0.15, -0.1) is 0 Å². The fourth-order valence-electron chi connectivity index (χ4n) is 3.08. The molecule has 0 spiro atoms. The first kappa shape index (κ1) is 13.9. The van der Waals surface area contributed by atoms with Crippen LogP contribution in [0.3, 0.4) is 0 Å². The van der Waals surface area contributed by atoms with Crippen LogP contribution in [-0.2, 0) is 5.41 Å². The lowest BCUT2D eigenvalue weighted by molar-refractivity contribution is 0.284. The van der Waals surface area contributed by atoms with E-state index in [0.29, 0.717) is 11.2 Å². The highest BCUT2D eigenvalue weighted by molar-refractivity contribution is 5.84. The van der Waals surface area contributed by atoms with Gasteiger partial charge in [0.2, 0.25) is 0 Å². The number of hydrogen-bond acceptors (Lipinski definition) is 1. The minimum Gasteiger partial charge on any atom is -0.508 e. The molecule has 2 aromatic carbocycles. The predicted octanol–water partition coefficient (Wildman–Crippen LogP) is 5.26. The molecule has 0 aliphatic rings. The lowest BCUT2D eigenvalue weighted by atomic mass is 9.72. The Bertz CT molecular complexity index is 588. The van der Waals surface area contributed by atoms with Crippen molar-refractivity contribution in [2.45, 2.75) is 46.5 Å². The molecule has 1 N–H and O–H groups in total. The number of benzene rings is 2. The number of phenolic OH excluding ortho intramolecular Hbond substituents is 1. The van der Waals surface area contributed by atoms with Crippen LogP contribution in [0.15, 0.2) is 36.4 Å². The smallest absolute Gasteiger partial charge is 0.116 e. The molecule has 1 nitrogen and oxygen atoms in total. The Hall–Kier alpha value is -1.50. The molecular weight excluding hydrogens is 232 g/mol. The second kappa shape index (κ2) is 4.56. The van der Waals surface area contributed by atoms with Gasteiger partial charge in [0.15, 0.2) is 0 Å². The summed E-state index contributed by atoms with van der Waals surface area (Å²) < 4.78 is 0. The van der Waals surface area contributed by atoms with Crippen molar-refractivity contribution in [3.05, 3.63) is 42.0 Å². The van der Waals surface area contributed by atoms with E-state index in [0.717, 1.165) is 11.8 Å². The van der Waals surface area contributed by atoms with Crippen molar-refractivity contribution in [3.63, 3.8) is 0 Å². The zero-order chi connectivity index (χ0) is 14.3. The van der Waals surface area contributed by atoms with Gasteiger partial charge in [0.25, 0.3) is 0 Å². The van der Waals surface area contributed by atoms with Gasteiger partial charge >= 0.3 is 0 Å². The maximum Gasteiger partial charge on any atom is 0.116 e. The lowest BCUT2D eigenvalue weighted by Gasteiger charge is -2.33. The molecule has 2 aromatic rings. The van der Waals surface area contributed by atoms with Crippen LogP contribution < -0.4 is 0 Å². The van der Waals surface area contributed by atoms with E-state index in [2.05, 4.69) is 52.8 Å². The number of hydrogen-bond donors (Lipinski definition) is 1. The minimum atomic E-state index is 0.157. The van der Waals surface area contributed by atoms with Crippen molar-refractivity contribution in [2.24, 2.45) is 5.41 Å². The summed E-state index contributed by atoms with van der Waals surface area (Å²) in [4.78, 5) is 0. The maximum atomic E-state index is 9.51. The topological polar surface area (TPSA) is 20.2 Å². The molecule has 0 atom stereocenters. The van der Waals surface area contributed by atoms with Crippen LogP contribution in [0.5, 0.6) is 5.75 Å². The Labute approximate surface area is 116 Å². The Morgan fingerprint density at radius 3 is 2.05 bits per heavy atom. The summed E-state index contributed by atoms with van der Waals surface area (Å²) in [6, 6.07) is 12.1. The van der Waals surface area contributed by atoms with E-state index < -0.39 is 0 Å². The SMILES string of the molecule is CC(C)(C)CC(C)(C)c1ccc2cc(O)ccc2c1. The van der Waals surface area contributed by atoms with Crippen molar-refractivity contribution in [1.29, 1.82) is 0 Å². The average Bonchev–Trinajstić information content (AvgIpc) is 2.25. The minimum absolute atomic E-state index is 0.157. The molecule has 0 aromatic heterocycles. The van der Waals surface area contributed by atoms with Crippen LogP contribution in [-0.4, -0.2) is 5.11 Å². The van der Waals surface area contributed by atoms with E-state index in [4.69, 9.17) is 0 Å². The number of fused-ring (bicyclic) bond motifs is 1. The molecule has 0 radical (unpaired) electrons. The van der Waals surface area contributed by atoms with Crippen molar-refractivity contribution in [1.82, 2.24) is 0 Å². The monoisotopic (exact) mass is 256 g/mol. The first-order chi connectivity index (χ1) is 8.67. The Morgan fingerprint density at radius 1 is 0.842 bits per heavy atom. The molecule has 2 rings (SSSR count). The van der Waals surface area contributed by atoms with E-state index >= 15 is 0 Å². The molecular formula is C18H24O. The van der Waals surface area contributed by atoms with Crippen LogP contribution in [0.2, 0.25) is 0 Å². The van der Waals surface area contributed by atoms with Gasteiger partial charge in [-0.3, -0.25) is 0 Å². The highest BCUT2D eigenvalue weighted by Crippen LogP contribution is 2.37. The van der Waals surface area contributed by atoms with Crippen LogP contribution >= 0.6 is 0 Å². The fourth-order valence-corrected chi connectivity index (χ4v) is 3.08. The van der Waals surface area contributed by atoms with Crippen LogP contribution in [0, 0.1) is 5.41 Å². The van der Waals surface area contributed by atoms with E-state index in [-0.39, 0.29) is 5.41 Å². The highest BCUT2D eigenvalue weighted by atomic mass is 16.3. The molecule has 102 valence electrons. The van der Waals surface area contributed by atoms with Crippen molar-refractivity contribution in [2.75, 3.05) is 0 Å². The molecule has 19 heavy (non-hydrogen) atoms. The largest absolute Gasteiger partial charge is 0.508 e. The summed E-state index contributed by atoms with van der Waals surface area (Å²) in [6.07, 6.45) is 1.14. The predicted molar refractivity (Wildman–Crippen MR) is 82.7 cm³/mol. The van der Waals surface area contributed by atoms with E-state index in [1.54, 1.807) is 6.07 Å². The van der Waals surface area contributed by atoms with Crippen molar-refractivity contribution < 1.29 is 5.11 Å². The summed E-state index contributed by atoms with van der Waals surface area (Å²) >= 11 is 0. The maximum absolute atomic E-state index is 9.51. The summed E-state index contributed by atoms with van der Waals surface area (Å²) in [5, 5.41) is 11.8. The molecule has 1 heteroatoms. The van der Waals surface area contributed by atoms with E-state index in [9.17, 15) is 5.11 Å². The van der Waals surface area contributed by atoms with E-state index in [1.165, 1.54) is 10.9 Å². The van der Waals surface area contributed by atoms with Gasteiger partial charge in [0, 0.05) is 0 Å². The van der Waals surface area contributed by atoms with Crippen LogP contribution in [0.1, 0.15) is 46.6 Å². The lowest BCUT2D eigenvalue weighted by Crippen LogP contribution is -2.24. The number of aromatic hydroxyl groups is 1. The molecule has 0 fully saturated rings. The molecule has 0 bridgehead atoms.